The average molecular weight is 491 g/mol. The van der Waals surface area contributed by atoms with Crippen LogP contribution in [0.25, 0.3) is 61.3 Å². The molecule has 0 saturated heterocycles. The SMILES string of the molecule is Brc1cccc(-c2nc3nc(-c4ccc5c(c4)oc4ccccc45)c4ccccc4n3n2)c1. The third-order valence-electron chi connectivity index (χ3n) is 5.92. The third-order valence-corrected chi connectivity index (χ3v) is 6.42. The maximum absolute atomic E-state index is 6.12. The highest BCUT2D eigenvalue weighted by atomic mass is 79.9. The molecule has 156 valence electrons. The Morgan fingerprint density at radius 1 is 0.667 bits per heavy atom. The number of para-hydroxylation sites is 2. The van der Waals surface area contributed by atoms with E-state index in [-0.39, 0.29) is 0 Å². The number of nitrogens with zero attached hydrogens (tertiary/aromatic N) is 4. The molecule has 0 saturated carbocycles. The Labute approximate surface area is 196 Å². The van der Waals surface area contributed by atoms with E-state index in [0.29, 0.717) is 11.6 Å². The molecule has 3 heterocycles. The van der Waals surface area contributed by atoms with Crippen molar-refractivity contribution in [3.63, 3.8) is 0 Å². The van der Waals surface area contributed by atoms with Gasteiger partial charge in [-0.2, -0.15) is 9.50 Å². The molecule has 7 aromatic rings. The van der Waals surface area contributed by atoms with Gasteiger partial charge in [0.25, 0.3) is 5.78 Å². The number of aromatic nitrogens is 4. The van der Waals surface area contributed by atoms with E-state index in [1.807, 2.05) is 65.2 Å². The normalized spacial score (nSPS) is 11.8. The number of benzene rings is 4. The highest BCUT2D eigenvalue weighted by Gasteiger charge is 2.16. The zero-order chi connectivity index (χ0) is 21.9. The summed E-state index contributed by atoms with van der Waals surface area (Å²) in [4.78, 5) is 9.69. The highest BCUT2D eigenvalue weighted by molar-refractivity contribution is 9.10. The van der Waals surface area contributed by atoms with Crippen molar-refractivity contribution < 1.29 is 4.42 Å². The van der Waals surface area contributed by atoms with Crippen molar-refractivity contribution in [3.8, 4) is 22.6 Å². The van der Waals surface area contributed by atoms with Gasteiger partial charge < -0.3 is 4.42 Å². The first-order valence-electron chi connectivity index (χ1n) is 10.6. The molecule has 6 heteroatoms. The summed E-state index contributed by atoms with van der Waals surface area (Å²) >= 11 is 3.53. The maximum atomic E-state index is 6.12. The van der Waals surface area contributed by atoms with E-state index in [0.717, 1.165) is 54.1 Å². The number of hydrogen-bond donors (Lipinski definition) is 0. The van der Waals surface area contributed by atoms with Crippen molar-refractivity contribution in [1.29, 1.82) is 0 Å². The second-order valence-electron chi connectivity index (χ2n) is 7.94. The molecule has 5 nitrogen and oxygen atoms in total. The second kappa shape index (κ2) is 6.98. The van der Waals surface area contributed by atoms with Crippen molar-refractivity contribution in [3.05, 3.63) is 95.5 Å². The molecule has 0 bridgehead atoms. The molecular formula is C27H15BrN4O. The van der Waals surface area contributed by atoms with Crippen LogP contribution in [0.4, 0.5) is 0 Å². The van der Waals surface area contributed by atoms with Gasteiger partial charge in [0, 0.05) is 31.8 Å². The smallest absolute Gasteiger partial charge is 0.253 e. The fourth-order valence-electron chi connectivity index (χ4n) is 4.40. The van der Waals surface area contributed by atoms with Crippen molar-refractivity contribution in [2.75, 3.05) is 0 Å². The van der Waals surface area contributed by atoms with Crippen molar-refractivity contribution in [2.24, 2.45) is 0 Å². The monoisotopic (exact) mass is 490 g/mol. The summed E-state index contributed by atoms with van der Waals surface area (Å²) in [5.41, 5.74) is 5.45. The van der Waals surface area contributed by atoms with Crippen LogP contribution in [0.5, 0.6) is 0 Å². The summed E-state index contributed by atoms with van der Waals surface area (Å²) in [5, 5.41) is 7.99. The zero-order valence-electron chi connectivity index (χ0n) is 17.2. The second-order valence-corrected chi connectivity index (χ2v) is 8.86. The largest absolute Gasteiger partial charge is 0.456 e. The molecule has 0 aliphatic rings. The molecule has 0 unspecified atom stereocenters. The van der Waals surface area contributed by atoms with Gasteiger partial charge in [-0.05, 0) is 36.4 Å². The Morgan fingerprint density at radius 3 is 2.39 bits per heavy atom. The number of halogens is 1. The minimum Gasteiger partial charge on any atom is -0.456 e. The van der Waals surface area contributed by atoms with Crippen LogP contribution in [0, 0.1) is 0 Å². The first-order chi connectivity index (χ1) is 16.2. The number of hydrogen-bond acceptors (Lipinski definition) is 4. The van der Waals surface area contributed by atoms with Crippen LogP contribution in [0.2, 0.25) is 0 Å². The minimum absolute atomic E-state index is 0.559. The van der Waals surface area contributed by atoms with Gasteiger partial charge >= 0.3 is 0 Å². The van der Waals surface area contributed by atoms with Gasteiger partial charge in [-0.3, -0.25) is 0 Å². The predicted molar refractivity (Wildman–Crippen MR) is 134 cm³/mol. The molecule has 0 N–H and O–H groups in total. The van der Waals surface area contributed by atoms with Crippen LogP contribution in [0.15, 0.2) is 99.9 Å². The molecule has 0 amide bonds. The van der Waals surface area contributed by atoms with E-state index < -0.39 is 0 Å². The topological polar surface area (TPSA) is 56.2 Å². The summed E-state index contributed by atoms with van der Waals surface area (Å²) in [5.74, 6) is 1.20. The first kappa shape index (κ1) is 18.5. The van der Waals surface area contributed by atoms with Crippen LogP contribution >= 0.6 is 15.9 Å². The Hall–Kier alpha value is -4.03. The molecule has 0 fully saturated rings. The van der Waals surface area contributed by atoms with Gasteiger partial charge in [0.2, 0.25) is 0 Å². The lowest BCUT2D eigenvalue weighted by atomic mass is 10.0. The maximum Gasteiger partial charge on any atom is 0.253 e. The fourth-order valence-corrected chi connectivity index (χ4v) is 4.80. The summed E-state index contributed by atoms with van der Waals surface area (Å²) in [7, 11) is 0. The number of rotatable bonds is 2. The quantitative estimate of drug-likeness (QED) is 0.255. The standard InChI is InChI=1S/C27H15BrN4O/c28-18-7-5-6-17(14-18)26-30-27-29-25(21-9-1-3-10-22(21)32(27)31-26)16-12-13-20-19-8-2-4-11-23(19)33-24(20)15-16/h1-15H. The summed E-state index contributed by atoms with van der Waals surface area (Å²) in [6, 6.07) is 30.5. The van der Waals surface area contributed by atoms with Crippen LogP contribution in [-0.2, 0) is 0 Å². The van der Waals surface area contributed by atoms with Gasteiger partial charge in [-0.25, -0.2) is 4.98 Å². The van der Waals surface area contributed by atoms with Gasteiger partial charge in [0.1, 0.15) is 11.2 Å². The minimum atomic E-state index is 0.559. The fraction of sp³-hybridized carbons (Fsp3) is 0. The van der Waals surface area contributed by atoms with Crippen LogP contribution in [-0.4, -0.2) is 19.6 Å². The molecule has 7 rings (SSSR count). The predicted octanol–water partition coefficient (Wildman–Crippen LogP) is 7.27. The van der Waals surface area contributed by atoms with Gasteiger partial charge in [0.05, 0.1) is 11.2 Å². The van der Waals surface area contributed by atoms with E-state index in [9.17, 15) is 0 Å². The van der Waals surface area contributed by atoms with E-state index in [4.69, 9.17) is 19.5 Å². The van der Waals surface area contributed by atoms with Gasteiger partial charge in [0.15, 0.2) is 5.82 Å². The van der Waals surface area contributed by atoms with Crippen molar-refractivity contribution in [1.82, 2.24) is 19.6 Å². The van der Waals surface area contributed by atoms with Gasteiger partial charge in [-0.1, -0.05) is 70.5 Å². The zero-order valence-corrected chi connectivity index (χ0v) is 18.8. The van der Waals surface area contributed by atoms with E-state index in [1.165, 1.54) is 0 Å². The van der Waals surface area contributed by atoms with E-state index in [1.54, 1.807) is 0 Å². The Kier molecular flexibility index (Phi) is 3.92. The molecule has 0 aliphatic carbocycles. The number of fused-ring (bicyclic) bond motifs is 6. The third kappa shape index (κ3) is 2.88. The molecule has 4 aromatic carbocycles. The lowest BCUT2D eigenvalue weighted by Crippen LogP contribution is -1.97. The Balaban J connectivity index is 1.49. The highest BCUT2D eigenvalue weighted by Crippen LogP contribution is 2.34. The molecule has 0 atom stereocenters. The average Bonchev–Trinajstić information content (AvgIpc) is 3.45. The first-order valence-corrected chi connectivity index (χ1v) is 11.4. The summed E-state index contributed by atoms with van der Waals surface area (Å²) in [6.45, 7) is 0. The van der Waals surface area contributed by atoms with Crippen LogP contribution in [0.3, 0.4) is 0 Å². The molecular weight excluding hydrogens is 476 g/mol. The number of furan rings is 1. The lowest BCUT2D eigenvalue weighted by Gasteiger charge is -2.07. The van der Waals surface area contributed by atoms with Crippen molar-refractivity contribution >= 4 is 54.5 Å². The van der Waals surface area contributed by atoms with Crippen molar-refractivity contribution in [2.45, 2.75) is 0 Å². The summed E-state index contributed by atoms with van der Waals surface area (Å²) in [6.07, 6.45) is 0. The Bertz CT molecular complexity index is 1850. The summed E-state index contributed by atoms with van der Waals surface area (Å²) < 4.78 is 8.92. The van der Waals surface area contributed by atoms with Crippen LogP contribution in [0.1, 0.15) is 0 Å². The molecule has 3 aromatic heterocycles. The van der Waals surface area contributed by atoms with E-state index in [2.05, 4.69) is 46.3 Å². The molecule has 33 heavy (non-hydrogen) atoms. The lowest BCUT2D eigenvalue weighted by molar-refractivity contribution is 0.669. The molecule has 0 spiro atoms. The van der Waals surface area contributed by atoms with Gasteiger partial charge in [-0.15, -0.1) is 5.10 Å². The molecule has 0 radical (unpaired) electrons. The Morgan fingerprint density at radius 2 is 1.48 bits per heavy atom. The molecule has 0 aliphatic heterocycles. The van der Waals surface area contributed by atoms with Crippen LogP contribution < -0.4 is 0 Å². The van der Waals surface area contributed by atoms with E-state index >= 15 is 0 Å².